The number of imide groups is 1. The molecule has 2 amide bonds. The fourth-order valence-electron chi connectivity index (χ4n) is 3.49. The monoisotopic (exact) mass is 371 g/mol. The Hall–Kier alpha value is -3.40. The number of benzene rings is 3. The van der Waals surface area contributed by atoms with Gasteiger partial charge in [-0.1, -0.05) is 60.7 Å². The molecule has 3 aromatic carbocycles. The Labute approximate surface area is 164 Å². The number of ether oxygens (including phenoxy) is 1. The number of amides is 2. The molecule has 0 unspecified atom stereocenters. The summed E-state index contributed by atoms with van der Waals surface area (Å²) in [5, 5.41) is 0. The number of para-hydroxylation sites is 1. The van der Waals surface area contributed by atoms with E-state index in [0.717, 1.165) is 16.9 Å². The van der Waals surface area contributed by atoms with Crippen molar-refractivity contribution in [2.45, 2.75) is 19.4 Å². The van der Waals surface area contributed by atoms with Crippen molar-refractivity contribution >= 4 is 11.8 Å². The number of carbonyl (C=O) groups excluding carboxylic acids is 2. The normalized spacial score (nSPS) is 14.1. The summed E-state index contributed by atoms with van der Waals surface area (Å²) in [6.45, 7) is 2.30. The van der Waals surface area contributed by atoms with Crippen molar-refractivity contribution in [2.24, 2.45) is 0 Å². The topological polar surface area (TPSA) is 46.6 Å². The van der Waals surface area contributed by atoms with E-state index in [1.807, 2.05) is 61.5 Å². The summed E-state index contributed by atoms with van der Waals surface area (Å²) < 4.78 is 6.29. The molecule has 28 heavy (non-hydrogen) atoms. The molecule has 4 nitrogen and oxygen atoms in total. The summed E-state index contributed by atoms with van der Waals surface area (Å²) in [5.41, 5.74) is 3.01. The van der Waals surface area contributed by atoms with Gasteiger partial charge in [-0.2, -0.15) is 0 Å². The molecule has 0 spiro atoms. The van der Waals surface area contributed by atoms with Gasteiger partial charge in [-0.15, -0.1) is 0 Å². The number of aryl methyl sites for hydroxylation is 1. The molecule has 0 radical (unpaired) electrons. The maximum absolute atomic E-state index is 12.6. The Kier molecular flexibility index (Phi) is 4.94. The second-order valence-corrected chi connectivity index (χ2v) is 6.88. The lowest BCUT2D eigenvalue weighted by Crippen LogP contribution is -2.32. The number of carbonyl (C=O) groups is 2. The molecule has 0 fully saturated rings. The number of hydrogen-bond acceptors (Lipinski definition) is 3. The summed E-state index contributed by atoms with van der Waals surface area (Å²) in [4.78, 5) is 26.6. The molecule has 0 saturated heterocycles. The molecule has 1 aliphatic rings. The second kappa shape index (κ2) is 7.69. The van der Waals surface area contributed by atoms with Crippen LogP contribution in [0.15, 0.2) is 78.9 Å². The molecular formula is C24H21NO3. The van der Waals surface area contributed by atoms with Crippen LogP contribution in [0.25, 0.3) is 0 Å². The van der Waals surface area contributed by atoms with Gasteiger partial charge in [0.1, 0.15) is 11.9 Å². The predicted octanol–water partition coefficient (Wildman–Crippen LogP) is 4.80. The number of nitrogens with zero attached hydrogens (tertiary/aromatic N) is 1. The van der Waals surface area contributed by atoms with E-state index >= 15 is 0 Å². The molecule has 140 valence electrons. The molecule has 0 saturated carbocycles. The Balaban J connectivity index is 1.55. The van der Waals surface area contributed by atoms with Gasteiger partial charge in [0.25, 0.3) is 11.8 Å². The van der Waals surface area contributed by atoms with E-state index in [0.29, 0.717) is 24.1 Å². The molecule has 1 heterocycles. The molecule has 0 aromatic heterocycles. The SMILES string of the molecule is Cc1ccccc1O[C@H](CCN1C(=O)c2ccccc2C1=O)c1ccccc1. The highest BCUT2D eigenvalue weighted by Crippen LogP contribution is 2.29. The number of rotatable bonds is 6. The maximum Gasteiger partial charge on any atom is 0.261 e. The average Bonchev–Trinajstić information content (AvgIpc) is 2.98. The van der Waals surface area contributed by atoms with Crippen LogP contribution >= 0.6 is 0 Å². The standard InChI is InChI=1S/C24H21NO3/c1-17-9-5-8-14-21(17)28-22(18-10-3-2-4-11-18)15-16-25-23(26)19-12-6-7-13-20(19)24(25)27/h2-14,22H,15-16H2,1H3/t22-/m1/s1. The van der Waals surface area contributed by atoms with E-state index in [1.165, 1.54) is 4.90 Å². The van der Waals surface area contributed by atoms with Crippen LogP contribution in [-0.2, 0) is 0 Å². The number of hydrogen-bond donors (Lipinski definition) is 0. The lowest BCUT2D eigenvalue weighted by molar-refractivity contribution is 0.0629. The maximum atomic E-state index is 12.6. The minimum absolute atomic E-state index is 0.233. The smallest absolute Gasteiger partial charge is 0.261 e. The lowest BCUT2D eigenvalue weighted by Gasteiger charge is -2.23. The average molecular weight is 371 g/mol. The van der Waals surface area contributed by atoms with Crippen molar-refractivity contribution < 1.29 is 14.3 Å². The first-order valence-corrected chi connectivity index (χ1v) is 9.37. The zero-order valence-corrected chi connectivity index (χ0v) is 15.7. The number of fused-ring (bicyclic) bond motifs is 1. The molecule has 4 heteroatoms. The van der Waals surface area contributed by atoms with Gasteiger partial charge in [0.15, 0.2) is 0 Å². The van der Waals surface area contributed by atoms with Crippen molar-refractivity contribution in [3.63, 3.8) is 0 Å². The third-order valence-electron chi connectivity index (χ3n) is 5.03. The first kappa shape index (κ1) is 18.0. The first-order chi connectivity index (χ1) is 13.6. The van der Waals surface area contributed by atoms with E-state index in [4.69, 9.17) is 4.74 Å². The van der Waals surface area contributed by atoms with Gasteiger partial charge in [-0.3, -0.25) is 14.5 Å². The summed E-state index contributed by atoms with van der Waals surface area (Å²) >= 11 is 0. The largest absolute Gasteiger partial charge is 0.485 e. The van der Waals surface area contributed by atoms with Gasteiger partial charge in [0, 0.05) is 13.0 Å². The Morgan fingerprint density at radius 2 is 1.36 bits per heavy atom. The van der Waals surface area contributed by atoms with Crippen LogP contribution in [0.5, 0.6) is 5.75 Å². The highest BCUT2D eigenvalue weighted by Gasteiger charge is 2.35. The highest BCUT2D eigenvalue weighted by molar-refractivity contribution is 6.21. The van der Waals surface area contributed by atoms with Crippen molar-refractivity contribution in [3.8, 4) is 5.75 Å². The fraction of sp³-hybridized carbons (Fsp3) is 0.167. The molecule has 0 bridgehead atoms. The predicted molar refractivity (Wildman–Crippen MR) is 107 cm³/mol. The third-order valence-corrected chi connectivity index (χ3v) is 5.03. The van der Waals surface area contributed by atoms with Crippen LogP contribution in [0.3, 0.4) is 0 Å². The first-order valence-electron chi connectivity index (χ1n) is 9.37. The van der Waals surface area contributed by atoms with Crippen LogP contribution in [0, 0.1) is 6.92 Å². The van der Waals surface area contributed by atoms with Gasteiger partial charge in [0.05, 0.1) is 11.1 Å². The third kappa shape index (κ3) is 3.41. The summed E-state index contributed by atoms with van der Waals surface area (Å²) in [6.07, 6.45) is 0.260. The summed E-state index contributed by atoms with van der Waals surface area (Å²) in [5.74, 6) is 0.338. The van der Waals surface area contributed by atoms with Crippen LogP contribution in [-0.4, -0.2) is 23.3 Å². The minimum atomic E-state index is -0.258. The molecule has 0 aliphatic carbocycles. The minimum Gasteiger partial charge on any atom is -0.485 e. The van der Waals surface area contributed by atoms with Crippen LogP contribution in [0.4, 0.5) is 0 Å². The Morgan fingerprint density at radius 1 is 0.786 bits per heavy atom. The van der Waals surface area contributed by atoms with Crippen molar-refractivity contribution in [1.29, 1.82) is 0 Å². The van der Waals surface area contributed by atoms with Crippen LogP contribution in [0.2, 0.25) is 0 Å². The molecule has 1 aliphatic heterocycles. The van der Waals surface area contributed by atoms with Crippen LogP contribution < -0.4 is 4.74 Å². The van der Waals surface area contributed by atoms with E-state index in [2.05, 4.69) is 0 Å². The fourth-order valence-corrected chi connectivity index (χ4v) is 3.49. The summed E-state index contributed by atoms with van der Waals surface area (Å²) in [7, 11) is 0. The Bertz CT molecular complexity index is 978. The van der Waals surface area contributed by atoms with Crippen molar-refractivity contribution in [2.75, 3.05) is 6.54 Å². The van der Waals surface area contributed by atoms with Gasteiger partial charge in [-0.25, -0.2) is 0 Å². The Morgan fingerprint density at radius 3 is 2.00 bits per heavy atom. The molecule has 3 aromatic rings. The highest BCUT2D eigenvalue weighted by atomic mass is 16.5. The van der Waals surface area contributed by atoms with Crippen molar-refractivity contribution in [3.05, 3.63) is 101 Å². The zero-order chi connectivity index (χ0) is 19.5. The zero-order valence-electron chi connectivity index (χ0n) is 15.7. The lowest BCUT2D eigenvalue weighted by atomic mass is 10.1. The van der Waals surface area contributed by atoms with Gasteiger partial charge in [-0.05, 0) is 36.2 Å². The second-order valence-electron chi connectivity index (χ2n) is 6.88. The molecule has 4 rings (SSSR count). The molecule has 1 atom stereocenters. The summed E-state index contributed by atoms with van der Waals surface area (Å²) in [6, 6.07) is 24.7. The quantitative estimate of drug-likeness (QED) is 0.585. The van der Waals surface area contributed by atoms with E-state index in [1.54, 1.807) is 24.3 Å². The van der Waals surface area contributed by atoms with Gasteiger partial charge < -0.3 is 4.74 Å². The molecular weight excluding hydrogens is 350 g/mol. The van der Waals surface area contributed by atoms with E-state index in [9.17, 15) is 9.59 Å². The van der Waals surface area contributed by atoms with Gasteiger partial charge in [0.2, 0.25) is 0 Å². The van der Waals surface area contributed by atoms with Crippen LogP contribution in [0.1, 0.15) is 44.4 Å². The molecule has 0 N–H and O–H groups in total. The van der Waals surface area contributed by atoms with Gasteiger partial charge >= 0.3 is 0 Å². The van der Waals surface area contributed by atoms with Crippen molar-refractivity contribution in [1.82, 2.24) is 4.90 Å². The van der Waals surface area contributed by atoms with E-state index in [-0.39, 0.29) is 17.9 Å². The van der Waals surface area contributed by atoms with E-state index < -0.39 is 0 Å².